The van der Waals surface area contributed by atoms with Gasteiger partial charge in [-0.25, -0.2) is 0 Å². The van der Waals surface area contributed by atoms with Crippen molar-refractivity contribution in [2.75, 3.05) is 33.9 Å². The number of aliphatic hydroxyl groups is 1. The van der Waals surface area contributed by atoms with Crippen molar-refractivity contribution in [1.29, 1.82) is 0 Å². The number of hydrogen-bond acceptors (Lipinski definition) is 4. The van der Waals surface area contributed by atoms with Gasteiger partial charge in [0.05, 0.1) is 12.2 Å². The monoisotopic (exact) mass is 367 g/mol. The van der Waals surface area contributed by atoms with E-state index < -0.39 is 5.60 Å². The molecule has 2 unspecified atom stereocenters. The van der Waals surface area contributed by atoms with Gasteiger partial charge >= 0.3 is 23.1 Å². The summed E-state index contributed by atoms with van der Waals surface area (Å²) in [6.07, 6.45) is 0.605. The maximum atomic E-state index is 11.4. The van der Waals surface area contributed by atoms with E-state index in [0.29, 0.717) is 26.2 Å². The SMILES string of the molecule is CN(C)CC1COCCC1(O)c1cccc(OCc2ccccc2)c1.[MgH2]. The van der Waals surface area contributed by atoms with E-state index in [2.05, 4.69) is 4.90 Å². The maximum absolute atomic E-state index is 11.4. The van der Waals surface area contributed by atoms with Crippen LogP contribution in [-0.4, -0.2) is 66.9 Å². The van der Waals surface area contributed by atoms with Crippen molar-refractivity contribution in [3.8, 4) is 5.75 Å². The van der Waals surface area contributed by atoms with Crippen LogP contribution in [0.15, 0.2) is 54.6 Å². The van der Waals surface area contributed by atoms with Crippen LogP contribution >= 0.6 is 0 Å². The Labute approximate surface area is 172 Å². The van der Waals surface area contributed by atoms with E-state index >= 15 is 0 Å². The molecule has 5 heteroatoms. The van der Waals surface area contributed by atoms with E-state index in [1.54, 1.807) is 0 Å². The quantitative estimate of drug-likeness (QED) is 0.794. The first-order valence-electron chi connectivity index (χ1n) is 8.80. The van der Waals surface area contributed by atoms with Gasteiger partial charge in [-0.05, 0) is 37.4 Å². The van der Waals surface area contributed by atoms with Gasteiger partial charge in [0.25, 0.3) is 0 Å². The van der Waals surface area contributed by atoms with Crippen molar-refractivity contribution >= 4 is 23.1 Å². The molecule has 4 nitrogen and oxygen atoms in total. The largest absolute Gasteiger partial charge is 0.489 e. The fourth-order valence-electron chi connectivity index (χ4n) is 3.42. The Morgan fingerprint density at radius 2 is 1.92 bits per heavy atom. The molecule has 0 amide bonds. The molecular weight excluding hydrogens is 339 g/mol. The van der Waals surface area contributed by atoms with Crippen LogP contribution in [0.1, 0.15) is 17.5 Å². The first-order chi connectivity index (χ1) is 12.1. The van der Waals surface area contributed by atoms with Crippen molar-refractivity contribution < 1.29 is 14.6 Å². The summed E-state index contributed by atoms with van der Waals surface area (Å²) in [5.74, 6) is 0.825. The zero-order valence-corrected chi connectivity index (χ0v) is 15.0. The molecule has 0 saturated carbocycles. The fourth-order valence-corrected chi connectivity index (χ4v) is 3.42. The number of nitrogens with zero attached hydrogens (tertiary/aromatic N) is 1. The van der Waals surface area contributed by atoms with Crippen LogP contribution in [0, 0.1) is 5.92 Å². The molecule has 1 fully saturated rings. The van der Waals surface area contributed by atoms with Crippen LogP contribution in [-0.2, 0) is 16.9 Å². The topological polar surface area (TPSA) is 41.9 Å². The second-order valence-corrected chi connectivity index (χ2v) is 7.01. The van der Waals surface area contributed by atoms with Crippen LogP contribution in [0.2, 0.25) is 0 Å². The maximum Gasteiger partial charge on any atom is 0.316 e. The minimum absolute atomic E-state index is 0. The predicted molar refractivity (Wildman–Crippen MR) is 107 cm³/mol. The molecule has 1 N–H and O–H groups in total. The molecule has 0 radical (unpaired) electrons. The third kappa shape index (κ3) is 5.21. The van der Waals surface area contributed by atoms with Crippen LogP contribution in [0.3, 0.4) is 0 Å². The third-order valence-corrected chi connectivity index (χ3v) is 4.79. The minimum Gasteiger partial charge on any atom is -0.489 e. The number of hydrogen-bond donors (Lipinski definition) is 1. The van der Waals surface area contributed by atoms with Gasteiger partial charge in [0.1, 0.15) is 12.4 Å². The Morgan fingerprint density at radius 1 is 1.15 bits per heavy atom. The van der Waals surface area contributed by atoms with E-state index in [9.17, 15) is 5.11 Å². The molecule has 0 aromatic heterocycles. The Kier molecular flexibility index (Phi) is 7.92. The van der Waals surface area contributed by atoms with Crippen molar-refractivity contribution in [3.05, 3.63) is 65.7 Å². The molecule has 2 atom stereocenters. The molecule has 0 aliphatic carbocycles. The molecule has 0 bridgehead atoms. The second-order valence-electron chi connectivity index (χ2n) is 7.01. The zero-order valence-electron chi connectivity index (χ0n) is 15.0. The molecule has 1 aliphatic heterocycles. The van der Waals surface area contributed by atoms with E-state index in [0.717, 1.165) is 23.4 Å². The number of rotatable bonds is 6. The highest BCUT2D eigenvalue weighted by molar-refractivity contribution is 5.75. The van der Waals surface area contributed by atoms with Gasteiger partial charge < -0.3 is 19.5 Å². The second kappa shape index (κ2) is 9.71. The highest BCUT2D eigenvalue weighted by Crippen LogP contribution is 2.38. The van der Waals surface area contributed by atoms with Crippen LogP contribution < -0.4 is 4.74 Å². The lowest BCUT2D eigenvalue weighted by Gasteiger charge is -2.41. The lowest BCUT2D eigenvalue weighted by Crippen LogP contribution is -2.47. The number of ether oxygens (including phenoxy) is 2. The first kappa shape index (κ1) is 21.2. The van der Waals surface area contributed by atoms with Gasteiger partial charge in [0.2, 0.25) is 0 Å². The molecular formula is C21H29MgNO3. The van der Waals surface area contributed by atoms with Crippen molar-refractivity contribution in [3.63, 3.8) is 0 Å². The summed E-state index contributed by atoms with van der Waals surface area (Å²) in [5.41, 5.74) is 1.16. The summed E-state index contributed by atoms with van der Waals surface area (Å²) in [5, 5.41) is 11.4. The zero-order chi connectivity index (χ0) is 17.7. The van der Waals surface area contributed by atoms with Crippen LogP contribution in [0.4, 0.5) is 0 Å². The summed E-state index contributed by atoms with van der Waals surface area (Å²) in [7, 11) is 4.04. The average Bonchev–Trinajstić information content (AvgIpc) is 2.63. The van der Waals surface area contributed by atoms with E-state index in [1.165, 1.54) is 0 Å². The summed E-state index contributed by atoms with van der Waals surface area (Å²) in [6.45, 7) is 2.46. The molecule has 26 heavy (non-hydrogen) atoms. The average molecular weight is 368 g/mol. The molecule has 1 aliphatic rings. The summed E-state index contributed by atoms with van der Waals surface area (Å²) < 4.78 is 11.5. The Balaban J connectivity index is 0.00000243. The van der Waals surface area contributed by atoms with Crippen molar-refractivity contribution in [2.45, 2.75) is 18.6 Å². The minimum atomic E-state index is -0.880. The van der Waals surface area contributed by atoms with Gasteiger partial charge in [0.15, 0.2) is 0 Å². The van der Waals surface area contributed by atoms with E-state index in [4.69, 9.17) is 9.47 Å². The molecule has 1 heterocycles. The molecule has 2 aromatic carbocycles. The fraction of sp³-hybridized carbons (Fsp3) is 0.429. The highest BCUT2D eigenvalue weighted by Gasteiger charge is 2.41. The lowest BCUT2D eigenvalue weighted by atomic mass is 9.77. The van der Waals surface area contributed by atoms with Crippen LogP contribution in [0.25, 0.3) is 0 Å². The molecule has 1 saturated heterocycles. The summed E-state index contributed by atoms with van der Waals surface area (Å²) in [6, 6.07) is 17.9. The Bertz CT molecular complexity index is 680. The lowest BCUT2D eigenvalue weighted by molar-refractivity contribution is -0.123. The molecule has 0 spiro atoms. The molecule has 2 aromatic rings. The Morgan fingerprint density at radius 3 is 2.65 bits per heavy atom. The standard InChI is InChI=1S/C21H27NO3.Mg.2H/c1-22(2)14-19-16-24-12-11-21(19,23)18-9-6-10-20(13-18)25-15-17-7-4-3-5-8-17;;;/h3-10,13,19,23H,11-12,14-16H2,1-2H3;;;. The van der Waals surface area contributed by atoms with Gasteiger partial charge in [-0.2, -0.15) is 0 Å². The smallest absolute Gasteiger partial charge is 0.316 e. The normalized spacial score (nSPS) is 22.7. The van der Waals surface area contributed by atoms with E-state index in [-0.39, 0.29) is 29.0 Å². The van der Waals surface area contributed by atoms with Crippen LogP contribution in [0.5, 0.6) is 5.75 Å². The van der Waals surface area contributed by atoms with E-state index in [1.807, 2.05) is 68.7 Å². The van der Waals surface area contributed by atoms with Crippen molar-refractivity contribution in [1.82, 2.24) is 4.90 Å². The number of benzene rings is 2. The van der Waals surface area contributed by atoms with Crippen molar-refractivity contribution in [2.24, 2.45) is 5.92 Å². The first-order valence-corrected chi connectivity index (χ1v) is 8.80. The Hall–Kier alpha value is -1.11. The van der Waals surface area contributed by atoms with Gasteiger partial charge in [-0.1, -0.05) is 42.5 Å². The van der Waals surface area contributed by atoms with Gasteiger partial charge in [-0.3, -0.25) is 0 Å². The molecule has 138 valence electrons. The van der Waals surface area contributed by atoms with Gasteiger partial charge in [0, 0.05) is 25.5 Å². The summed E-state index contributed by atoms with van der Waals surface area (Å²) >= 11 is 0. The third-order valence-electron chi connectivity index (χ3n) is 4.79. The highest BCUT2D eigenvalue weighted by atomic mass is 24.3. The predicted octanol–water partition coefficient (Wildman–Crippen LogP) is 2.14. The summed E-state index contributed by atoms with van der Waals surface area (Å²) in [4.78, 5) is 2.10. The van der Waals surface area contributed by atoms with Gasteiger partial charge in [-0.15, -0.1) is 0 Å². The molecule has 3 rings (SSSR count).